The molecule has 0 saturated heterocycles. The molecule has 0 N–H and O–H groups in total. The van der Waals surface area contributed by atoms with E-state index in [2.05, 4.69) is 31.2 Å². The van der Waals surface area contributed by atoms with Gasteiger partial charge in [0.2, 0.25) is 0 Å². The molecule has 0 spiro atoms. The van der Waals surface area contributed by atoms with E-state index < -0.39 is 0 Å². The van der Waals surface area contributed by atoms with Gasteiger partial charge in [0, 0.05) is 11.1 Å². The highest BCUT2D eigenvalue weighted by Gasteiger charge is 2.03. The molecule has 0 fully saturated rings. The first-order chi connectivity index (χ1) is 8.69. The molecule has 0 aromatic heterocycles. The summed E-state index contributed by atoms with van der Waals surface area (Å²) in [5.74, 6) is 0.615. The van der Waals surface area contributed by atoms with Crippen LogP contribution < -0.4 is 4.74 Å². The molecule has 0 heterocycles. The van der Waals surface area contributed by atoms with Crippen LogP contribution >= 0.6 is 23.2 Å². The molecule has 2 rings (SSSR count). The molecular weight excluding hydrogens is 267 g/mol. The van der Waals surface area contributed by atoms with Crippen molar-refractivity contribution in [1.82, 2.24) is 0 Å². The Morgan fingerprint density at radius 2 is 1.61 bits per heavy atom. The van der Waals surface area contributed by atoms with Crippen LogP contribution in [-0.4, -0.2) is 0 Å². The van der Waals surface area contributed by atoms with Crippen LogP contribution in [-0.2, 0) is 13.0 Å². The van der Waals surface area contributed by atoms with Crippen LogP contribution in [0, 0.1) is 0 Å². The fourth-order valence-electron chi connectivity index (χ4n) is 1.62. The topological polar surface area (TPSA) is 9.23 Å². The molecule has 2 aromatic carbocycles. The van der Waals surface area contributed by atoms with Crippen LogP contribution in [0.15, 0.2) is 42.5 Å². The second-order valence-electron chi connectivity index (χ2n) is 4.03. The van der Waals surface area contributed by atoms with Gasteiger partial charge in [0.15, 0.2) is 0 Å². The molecule has 0 atom stereocenters. The zero-order valence-corrected chi connectivity index (χ0v) is 11.6. The van der Waals surface area contributed by atoms with Crippen LogP contribution in [0.4, 0.5) is 0 Å². The first-order valence-corrected chi connectivity index (χ1v) is 6.60. The normalized spacial score (nSPS) is 10.4. The molecule has 0 aliphatic carbocycles. The molecule has 0 saturated carbocycles. The summed E-state index contributed by atoms with van der Waals surface area (Å²) in [5, 5.41) is 1.19. The van der Waals surface area contributed by atoms with Gasteiger partial charge in [-0.15, -0.1) is 0 Å². The second kappa shape index (κ2) is 6.12. The monoisotopic (exact) mass is 280 g/mol. The SMILES string of the molecule is CCc1ccc(COc2cc(Cl)ccc2Cl)cc1. The van der Waals surface area contributed by atoms with Crippen molar-refractivity contribution in [1.29, 1.82) is 0 Å². The third-order valence-electron chi connectivity index (χ3n) is 2.72. The lowest BCUT2D eigenvalue weighted by Crippen LogP contribution is -1.96. The molecule has 0 radical (unpaired) electrons. The number of hydrogen-bond donors (Lipinski definition) is 0. The lowest BCUT2D eigenvalue weighted by molar-refractivity contribution is 0.306. The van der Waals surface area contributed by atoms with Gasteiger partial charge in [0.25, 0.3) is 0 Å². The maximum absolute atomic E-state index is 6.03. The second-order valence-corrected chi connectivity index (χ2v) is 4.88. The van der Waals surface area contributed by atoms with Crippen molar-refractivity contribution in [2.24, 2.45) is 0 Å². The summed E-state index contributed by atoms with van der Waals surface area (Å²) < 4.78 is 5.66. The van der Waals surface area contributed by atoms with Crippen molar-refractivity contribution in [3.63, 3.8) is 0 Å². The lowest BCUT2D eigenvalue weighted by atomic mass is 10.1. The molecule has 2 aromatic rings. The van der Waals surface area contributed by atoms with Crippen molar-refractivity contribution >= 4 is 23.2 Å². The highest BCUT2D eigenvalue weighted by Crippen LogP contribution is 2.28. The number of aryl methyl sites for hydroxylation is 1. The van der Waals surface area contributed by atoms with Crippen molar-refractivity contribution in [2.45, 2.75) is 20.0 Å². The molecule has 94 valence electrons. The Hall–Kier alpha value is -1.18. The van der Waals surface area contributed by atoms with Crippen LogP contribution in [0.3, 0.4) is 0 Å². The highest BCUT2D eigenvalue weighted by molar-refractivity contribution is 6.34. The number of rotatable bonds is 4. The first kappa shape index (κ1) is 13.3. The van der Waals surface area contributed by atoms with Gasteiger partial charge in [0.1, 0.15) is 12.4 Å². The Labute approximate surface area is 117 Å². The number of hydrogen-bond acceptors (Lipinski definition) is 1. The molecule has 0 bridgehead atoms. The molecule has 0 aliphatic rings. The summed E-state index contributed by atoms with van der Waals surface area (Å²) in [5.41, 5.74) is 2.43. The Morgan fingerprint density at radius 3 is 2.28 bits per heavy atom. The van der Waals surface area contributed by atoms with Gasteiger partial charge in [-0.2, -0.15) is 0 Å². The Kier molecular flexibility index (Phi) is 4.51. The van der Waals surface area contributed by atoms with Gasteiger partial charge in [0.05, 0.1) is 5.02 Å². The summed E-state index contributed by atoms with van der Waals surface area (Å²) in [6, 6.07) is 13.6. The Morgan fingerprint density at radius 1 is 0.944 bits per heavy atom. The average Bonchev–Trinajstić information content (AvgIpc) is 2.40. The predicted octanol–water partition coefficient (Wildman–Crippen LogP) is 5.13. The molecule has 18 heavy (non-hydrogen) atoms. The number of benzene rings is 2. The number of halogens is 2. The zero-order valence-electron chi connectivity index (χ0n) is 10.1. The third-order valence-corrected chi connectivity index (χ3v) is 3.27. The van der Waals surface area contributed by atoms with E-state index in [-0.39, 0.29) is 0 Å². The average molecular weight is 281 g/mol. The molecule has 0 aliphatic heterocycles. The Balaban J connectivity index is 2.04. The van der Waals surface area contributed by atoms with E-state index in [0.717, 1.165) is 12.0 Å². The predicted molar refractivity (Wildman–Crippen MR) is 76.6 cm³/mol. The summed E-state index contributed by atoms with van der Waals surface area (Å²) >= 11 is 11.9. The smallest absolute Gasteiger partial charge is 0.139 e. The van der Waals surface area contributed by atoms with Gasteiger partial charge in [-0.05, 0) is 29.7 Å². The summed E-state index contributed by atoms with van der Waals surface area (Å²) in [7, 11) is 0. The van der Waals surface area contributed by atoms with E-state index in [4.69, 9.17) is 27.9 Å². The van der Waals surface area contributed by atoms with Crippen molar-refractivity contribution in [3.8, 4) is 5.75 Å². The van der Waals surface area contributed by atoms with Crippen molar-refractivity contribution in [2.75, 3.05) is 0 Å². The minimum atomic E-state index is 0.490. The molecule has 3 heteroatoms. The van der Waals surface area contributed by atoms with Gasteiger partial charge in [-0.1, -0.05) is 54.4 Å². The largest absolute Gasteiger partial charge is 0.487 e. The van der Waals surface area contributed by atoms with Crippen molar-refractivity contribution < 1.29 is 4.74 Å². The van der Waals surface area contributed by atoms with Gasteiger partial charge in [-0.3, -0.25) is 0 Å². The lowest BCUT2D eigenvalue weighted by Gasteiger charge is -2.08. The van der Waals surface area contributed by atoms with E-state index in [1.54, 1.807) is 18.2 Å². The minimum absolute atomic E-state index is 0.490. The zero-order chi connectivity index (χ0) is 13.0. The molecule has 1 nitrogen and oxygen atoms in total. The third kappa shape index (κ3) is 3.41. The highest BCUT2D eigenvalue weighted by atomic mass is 35.5. The summed E-state index contributed by atoms with van der Waals surface area (Å²) in [6.07, 6.45) is 1.04. The van der Waals surface area contributed by atoms with Gasteiger partial charge in [-0.25, -0.2) is 0 Å². The quantitative estimate of drug-likeness (QED) is 0.754. The summed E-state index contributed by atoms with van der Waals surface area (Å²) in [4.78, 5) is 0. The maximum atomic E-state index is 6.03. The van der Waals surface area contributed by atoms with Crippen LogP contribution in [0.5, 0.6) is 5.75 Å². The van der Waals surface area contributed by atoms with E-state index in [0.29, 0.717) is 22.4 Å². The van der Waals surface area contributed by atoms with Crippen LogP contribution in [0.2, 0.25) is 10.0 Å². The molecule has 0 amide bonds. The van der Waals surface area contributed by atoms with Gasteiger partial charge < -0.3 is 4.74 Å². The minimum Gasteiger partial charge on any atom is -0.487 e. The molecular formula is C15H14Cl2O. The van der Waals surface area contributed by atoms with E-state index in [1.807, 2.05) is 0 Å². The van der Waals surface area contributed by atoms with Crippen LogP contribution in [0.1, 0.15) is 18.1 Å². The van der Waals surface area contributed by atoms with Crippen molar-refractivity contribution in [3.05, 3.63) is 63.6 Å². The standard InChI is InChI=1S/C15H14Cl2O/c1-2-11-3-5-12(6-4-11)10-18-15-9-13(16)7-8-14(15)17/h3-9H,2,10H2,1H3. The van der Waals surface area contributed by atoms with Gasteiger partial charge >= 0.3 is 0 Å². The Bertz CT molecular complexity index is 521. The first-order valence-electron chi connectivity index (χ1n) is 5.84. The number of ether oxygens (including phenoxy) is 1. The van der Waals surface area contributed by atoms with E-state index >= 15 is 0 Å². The van der Waals surface area contributed by atoms with E-state index in [1.165, 1.54) is 5.56 Å². The maximum Gasteiger partial charge on any atom is 0.139 e. The fourth-order valence-corrected chi connectivity index (χ4v) is 1.95. The van der Waals surface area contributed by atoms with E-state index in [9.17, 15) is 0 Å². The molecule has 0 unspecified atom stereocenters. The van der Waals surface area contributed by atoms with Crippen LogP contribution in [0.25, 0.3) is 0 Å². The summed E-state index contributed by atoms with van der Waals surface area (Å²) in [6.45, 7) is 2.63. The fraction of sp³-hybridized carbons (Fsp3) is 0.200.